The van der Waals surface area contributed by atoms with Crippen molar-refractivity contribution in [1.82, 2.24) is 5.32 Å². The molecular weight excluding hydrogens is 320 g/mol. The van der Waals surface area contributed by atoms with Crippen LogP contribution >= 0.6 is 0 Å². The van der Waals surface area contributed by atoms with Crippen LogP contribution in [0.25, 0.3) is 6.08 Å². The molecule has 2 N–H and O–H groups in total. The fraction of sp³-hybridized carbons (Fsp3) is 0.105. The summed E-state index contributed by atoms with van der Waals surface area (Å²) in [5, 5.41) is 5.23. The summed E-state index contributed by atoms with van der Waals surface area (Å²) in [6.07, 6.45) is 3.02. The van der Waals surface area contributed by atoms with E-state index in [2.05, 4.69) is 15.4 Å². The van der Waals surface area contributed by atoms with Crippen LogP contribution in [0.15, 0.2) is 54.6 Å². The summed E-state index contributed by atoms with van der Waals surface area (Å²) in [6, 6.07) is 13.3. The smallest absolute Gasteiger partial charge is 0.337 e. The van der Waals surface area contributed by atoms with Crippen molar-refractivity contribution in [3.8, 4) is 0 Å². The molecule has 0 spiro atoms. The summed E-state index contributed by atoms with van der Waals surface area (Å²) in [5.74, 6) is -0.897. The van der Waals surface area contributed by atoms with Gasteiger partial charge < -0.3 is 15.4 Å². The topological polar surface area (TPSA) is 84.5 Å². The van der Waals surface area contributed by atoms with Gasteiger partial charge in [0.1, 0.15) is 0 Å². The number of methoxy groups -OCH3 is 1. The summed E-state index contributed by atoms with van der Waals surface area (Å²) >= 11 is 0. The minimum Gasteiger partial charge on any atom is -0.465 e. The Hall–Kier alpha value is -3.41. The zero-order valence-electron chi connectivity index (χ0n) is 13.9. The van der Waals surface area contributed by atoms with Crippen LogP contribution in [0.4, 0.5) is 5.69 Å². The molecule has 0 aliphatic rings. The maximum Gasteiger partial charge on any atom is 0.337 e. The Labute approximate surface area is 145 Å². The van der Waals surface area contributed by atoms with Gasteiger partial charge in [-0.15, -0.1) is 0 Å². The van der Waals surface area contributed by atoms with E-state index in [4.69, 9.17) is 0 Å². The third kappa shape index (κ3) is 5.04. The number of benzene rings is 2. The van der Waals surface area contributed by atoms with Gasteiger partial charge in [-0.2, -0.15) is 0 Å². The molecule has 0 aromatic heterocycles. The highest BCUT2D eigenvalue weighted by atomic mass is 16.5. The molecule has 128 valence electrons. The minimum atomic E-state index is -0.409. The summed E-state index contributed by atoms with van der Waals surface area (Å²) in [7, 11) is 2.88. The van der Waals surface area contributed by atoms with Gasteiger partial charge in [-0.25, -0.2) is 4.79 Å². The van der Waals surface area contributed by atoms with Crippen LogP contribution in [-0.2, 0) is 9.53 Å². The fourth-order valence-electron chi connectivity index (χ4n) is 2.05. The van der Waals surface area contributed by atoms with Gasteiger partial charge in [-0.3, -0.25) is 9.59 Å². The number of ether oxygens (including phenoxy) is 1. The number of esters is 1. The highest BCUT2D eigenvalue weighted by Gasteiger charge is 2.05. The lowest BCUT2D eigenvalue weighted by molar-refractivity contribution is -0.111. The molecule has 0 aliphatic carbocycles. The molecule has 2 rings (SSSR count). The number of carbonyl (C=O) groups excluding carboxylic acids is 3. The molecule has 0 radical (unpaired) electrons. The maximum atomic E-state index is 11.9. The average molecular weight is 338 g/mol. The van der Waals surface area contributed by atoms with Crippen LogP contribution in [0.5, 0.6) is 0 Å². The number of hydrogen-bond donors (Lipinski definition) is 2. The van der Waals surface area contributed by atoms with Crippen molar-refractivity contribution >= 4 is 29.5 Å². The van der Waals surface area contributed by atoms with Crippen LogP contribution in [0.2, 0.25) is 0 Å². The lowest BCUT2D eigenvalue weighted by Gasteiger charge is -2.04. The average Bonchev–Trinajstić information content (AvgIpc) is 2.66. The Morgan fingerprint density at radius 2 is 1.52 bits per heavy atom. The van der Waals surface area contributed by atoms with E-state index >= 15 is 0 Å². The normalized spacial score (nSPS) is 10.3. The van der Waals surface area contributed by atoms with Gasteiger partial charge >= 0.3 is 5.97 Å². The quantitative estimate of drug-likeness (QED) is 0.648. The van der Waals surface area contributed by atoms with E-state index in [1.165, 1.54) is 13.2 Å². The monoisotopic (exact) mass is 338 g/mol. The van der Waals surface area contributed by atoms with Gasteiger partial charge in [0, 0.05) is 24.4 Å². The van der Waals surface area contributed by atoms with Crippen molar-refractivity contribution in [2.45, 2.75) is 0 Å². The van der Waals surface area contributed by atoms with Gasteiger partial charge in [0.05, 0.1) is 12.7 Å². The second-order valence-corrected chi connectivity index (χ2v) is 5.09. The molecule has 2 amide bonds. The van der Waals surface area contributed by atoms with E-state index in [1.807, 2.05) is 0 Å². The molecule has 0 bridgehead atoms. The van der Waals surface area contributed by atoms with E-state index in [9.17, 15) is 14.4 Å². The third-order valence-electron chi connectivity index (χ3n) is 3.40. The minimum absolute atomic E-state index is 0.187. The molecule has 0 atom stereocenters. The number of amides is 2. The van der Waals surface area contributed by atoms with Gasteiger partial charge in [-0.1, -0.05) is 12.1 Å². The Kier molecular flexibility index (Phi) is 6.06. The second-order valence-electron chi connectivity index (χ2n) is 5.09. The molecule has 0 saturated carbocycles. The first kappa shape index (κ1) is 17.9. The van der Waals surface area contributed by atoms with E-state index in [0.717, 1.165) is 5.56 Å². The molecule has 6 nitrogen and oxygen atoms in total. The van der Waals surface area contributed by atoms with Gasteiger partial charge in [0.15, 0.2) is 0 Å². The molecule has 2 aromatic rings. The Morgan fingerprint density at radius 1 is 0.920 bits per heavy atom. The van der Waals surface area contributed by atoms with Crippen molar-refractivity contribution in [1.29, 1.82) is 0 Å². The van der Waals surface area contributed by atoms with Crippen LogP contribution in [-0.4, -0.2) is 31.9 Å². The van der Waals surface area contributed by atoms with Crippen LogP contribution < -0.4 is 10.6 Å². The van der Waals surface area contributed by atoms with Crippen molar-refractivity contribution in [3.63, 3.8) is 0 Å². The molecule has 6 heteroatoms. The predicted molar refractivity (Wildman–Crippen MR) is 95.3 cm³/mol. The SMILES string of the molecule is CNC(=O)c1ccc(NC(=O)/C=C/c2ccc(C(=O)OC)cc2)cc1. The van der Waals surface area contributed by atoms with Crippen molar-refractivity contribution in [2.24, 2.45) is 0 Å². The fourth-order valence-corrected chi connectivity index (χ4v) is 2.05. The number of hydrogen-bond acceptors (Lipinski definition) is 4. The summed E-state index contributed by atoms with van der Waals surface area (Å²) < 4.78 is 4.62. The van der Waals surface area contributed by atoms with Crippen molar-refractivity contribution < 1.29 is 19.1 Å². The summed E-state index contributed by atoms with van der Waals surface area (Å²) in [6.45, 7) is 0. The first-order chi connectivity index (χ1) is 12.0. The van der Waals surface area contributed by atoms with Crippen LogP contribution in [0.1, 0.15) is 26.3 Å². The molecule has 0 aliphatic heterocycles. The molecule has 0 unspecified atom stereocenters. The predicted octanol–water partition coefficient (Wildman–Crippen LogP) is 2.48. The van der Waals surface area contributed by atoms with Gasteiger partial charge in [0.2, 0.25) is 5.91 Å². The first-order valence-electron chi connectivity index (χ1n) is 7.53. The summed E-state index contributed by atoms with van der Waals surface area (Å²) in [5.41, 5.74) is 2.32. The largest absolute Gasteiger partial charge is 0.465 e. The van der Waals surface area contributed by atoms with Gasteiger partial charge in [-0.05, 0) is 48.0 Å². The Balaban J connectivity index is 1.96. The number of rotatable bonds is 5. The highest BCUT2D eigenvalue weighted by Crippen LogP contribution is 2.11. The van der Waals surface area contributed by atoms with E-state index < -0.39 is 5.97 Å². The van der Waals surface area contributed by atoms with E-state index in [0.29, 0.717) is 16.8 Å². The number of carbonyl (C=O) groups is 3. The third-order valence-corrected chi connectivity index (χ3v) is 3.40. The molecule has 0 fully saturated rings. The lowest BCUT2D eigenvalue weighted by atomic mass is 10.1. The maximum absolute atomic E-state index is 11.9. The second kappa shape index (κ2) is 8.44. The van der Waals surface area contributed by atoms with E-state index in [1.54, 1.807) is 61.7 Å². The Morgan fingerprint density at radius 3 is 2.08 bits per heavy atom. The van der Waals surface area contributed by atoms with Crippen LogP contribution in [0, 0.1) is 0 Å². The summed E-state index contributed by atoms with van der Waals surface area (Å²) in [4.78, 5) is 34.7. The zero-order chi connectivity index (χ0) is 18.2. The van der Waals surface area contributed by atoms with Gasteiger partial charge in [0.25, 0.3) is 5.91 Å². The molecule has 0 saturated heterocycles. The molecule has 2 aromatic carbocycles. The molecule has 25 heavy (non-hydrogen) atoms. The van der Waals surface area contributed by atoms with Crippen molar-refractivity contribution in [3.05, 3.63) is 71.3 Å². The Bertz CT molecular complexity index is 793. The van der Waals surface area contributed by atoms with Crippen LogP contribution in [0.3, 0.4) is 0 Å². The molecular formula is C19H18N2O4. The van der Waals surface area contributed by atoms with Crippen molar-refractivity contribution in [2.75, 3.05) is 19.5 Å². The zero-order valence-corrected chi connectivity index (χ0v) is 13.9. The highest BCUT2D eigenvalue weighted by molar-refractivity contribution is 6.02. The molecule has 0 heterocycles. The number of anilines is 1. The first-order valence-corrected chi connectivity index (χ1v) is 7.53. The number of nitrogens with one attached hydrogen (secondary N) is 2. The standard InChI is InChI=1S/C19H18N2O4/c1-20-18(23)14-8-10-16(11-9-14)21-17(22)12-5-13-3-6-15(7-4-13)19(24)25-2/h3-12H,1-2H3,(H,20,23)(H,21,22)/b12-5+. The van der Waals surface area contributed by atoms with E-state index in [-0.39, 0.29) is 11.8 Å². The lowest BCUT2D eigenvalue weighted by Crippen LogP contribution is -2.17.